The number of rotatable bonds is 4. The number of carbonyl (C=O) groups excluding carboxylic acids is 1. The molecular formula is C16H18N2O3S2. The quantitative estimate of drug-likeness (QED) is 0.845. The molecule has 1 fully saturated rings. The molecule has 1 saturated heterocycles. The lowest BCUT2D eigenvalue weighted by Gasteiger charge is -2.33. The van der Waals surface area contributed by atoms with Crippen molar-refractivity contribution in [2.75, 3.05) is 26.2 Å². The number of sulfonamides is 1. The Labute approximate surface area is 140 Å². The summed E-state index contributed by atoms with van der Waals surface area (Å²) in [6.07, 6.45) is 0.360. The predicted molar refractivity (Wildman–Crippen MR) is 89.8 cm³/mol. The number of amides is 1. The number of nitrogens with zero attached hydrogens (tertiary/aromatic N) is 2. The molecule has 23 heavy (non-hydrogen) atoms. The summed E-state index contributed by atoms with van der Waals surface area (Å²) >= 11 is 1.22. The van der Waals surface area contributed by atoms with Crippen LogP contribution in [0.4, 0.5) is 0 Å². The number of hydrogen-bond donors (Lipinski definition) is 0. The minimum Gasteiger partial charge on any atom is -0.340 e. The molecule has 1 aromatic heterocycles. The largest absolute Gasteiger partial charge is 0.340 e. The predicted octanol–water partition coefficient (Wildman–Crippen LogP) is 1.82. The smallest absolute Gasteiger partial charge is 0.252 e. The molecule has 0 aliphatic carbocycles. The summed E-state index contributed by atoms with van der Waals surface area (Å²) in [4.78, 5) is 14.1. The van der Waals surface area contributed by atoms with E-state index in [4.69, 9.17) is 0 Å². The van der Waals surface area contributed by atoms with Gasteiger partial charge in [0.05, 0.1) is 6.42 Å². The Morgan fingerprint density at radius 2 is 1.70 bits per heavy atom. The van der Waals surface area contributed by atoms with Gasteiger partial charge in [-0.3, -0.25) is 4.79 Å². The van der Waals surface area contributed by atoms with Gasteiger partial charge >= 0.3 is 0 Å². The zero-order valence-electron chi connectivity index (χ0n) is 12.6. The first-order valence-electron chi connectivity index (χ1n) is 7.43. The zero-order valence-corrected chi connectivity index (χ0v) is 14.2. The maximum atomic E-state index is 12.4. The van der Waals surface area contributed by atoms with Gasteiger partial charge in [-0.15, -0.1) is 11.3 Å². The van der Waals surface area contributed by atoms with Crippen LogP contribution in [0.1, 0.15) is 5.56 Å². The highest BCUT2D eigenvalue weighted by Crippen LogP contribution is 2.22. The minimum absolute atomic E-state index is 0.0457. The Kier molecular flexibility index (Phi) is 4.79. The molecule has 0 atom stereocenters. The van der Waals surface area contributed by atoms with Gasteiger partial charge < -0.3 is 4.90 Å². The fourth-order valence-electron chi connectivity index (χ4n) is 2.60. The first kappa shape index (κ1) is 16.2. The molecule has 2 heterocycles. The summed E-state index contributed by atoms with van der Waals surface area (Å²) in [5, 5.41) is 1.76. The lowest BCUT2D eigenvalue weighted by atomic mass is 10.1. The summed E-state index contributed by atoms with van der Waals surface area (Å²) in [6, 6.07) is 12.9. The van der Waals surface area contributed by atoms with Crippen LogP contribution in [-0.2, 0) is 21.2 Å². The molecular weight excluding hydrogens is 332 g/mol. The average Bonchev–Trinajstić information content (AvgIpc) is 3.11. The minimum atomic E-state index is -3.41. The molecule has 1 aromatic carbocycles. The van der Waals surface area contributed by atoms with Crippen LogP contribution in [0.5, 0.6) is 0 Å². The van der Waals surface area contributed by atoms with Crippen LogP contribution in [0.25, 0.3) is 0 Å². The summed E-state index contributed by atoms with van der Waals surface area (Å²) in [5.41, 5.74) is 0.978. The van der Waals surface area contributed by atoms with Crippen LogP contribution in [0, 0.1) is 0 Å². The van der Waals surface area contributed by atoms with Crippen molar-refractivity contribution < 1.29 is 13.2 Å². The van der Waals surface area contributed by atoms with Crippen molar-refractivity contribution in [3.63, 3.8) is 0 Å². The molecule has 7 heteroatoms. The molecule has 3 rings (SSSR count). The Balaban J connectivity index is 1.59. The van der Waals surface area contributed by atoms with Crippen LogP contribution < -0.4 is 0 Å². The third-order valence-corrected chi connectivity index (χ3v) is 7.15. The molecule has 0 spiro atoms. The Morgan fingerprint density at radius 1 is 1.00 bits per heavy atom. The van der Waals surface area contributed by atoms with E-state index in [0.29, 0.717) is 36.8 Å². The number of benzene rings is 1. The summed E-state index contributed by atoms with van der Waals surface area (Å²) in [5.74, 6) is 0.0457. The van der Waals surface area contributed by atoms with Gasteiger partial charge in [-0.05, 0) is 17.0 Å². The second-order valence-corrected chi connectivity index (χ2v) is 8.49. The van der Waals surface area contributed by atoms with E-state index in [2.05, 4.69) is 0 Å². The normalized spacial score (nSPS) is 16.4. The van der Waals surface area contributed by atoms with Gasteiger partial charge in [-0.1, -0.05) is 36.4 Å². The number of thiophene rings is 1. The van der Waals surface area contributed by atoms with Crippen LogP contribution in [-0.4, -0.2) is 49.7 Å². The molecule has 5 nitrogen and oxygen atoms in total. The van der Waals surface area contributed by atoms with Crippen molar-refractivity contribution in [1.29, 1.82) is 0 Å². The molecule has 0 unspecified atom stereocenters. The van der Waals surface area contributed by atoms with Crippen molar-refractivity contribution in [2.24, 2.45) is 0 Å². The molecule has 1 amide bonds. The van der Waals surface area contributed by atoms with Gasteiger partial charge in [0.15, 0.2) is 0 Å². The Morgan fingerprint density at radius 3 is 2.30 bits per heavy atom. The standard InChI is InChI=1S/C16H18N2O3S2/c19-15(13-14-5-2-1-3-6-14)17-8-10-18(11-9-17)23(20,21)16-7-4-12-22-16/h1-7,12H,8-11,13H2. The van der Waals surface area contributed by atoms with E-state index in [1.54, 1.807) is 22.4 Å². The molecule has 1 aliphatic rings. The van der Waals surface area contributed by atoms with Gasteiger partial charge in [0, 0.05) is 26.2 Å². The summed E-state index contributed by atoms with van der Waals surface area (Å²) < 4.78 is 26.7. The van der Waals surface area contributed by atoms with E-state index in [0.717, 1.165) is 5.56 Å². The van der Waals surface area contributed by atoms with Crippen LogP contribution in [0.3, 0.4) is 0 Å². The first-order valence-corrected chi connectivity index (χ1v) is 9.75. The van der Waals surface area contributed by atoms with E-state index in [1.165, 1.54) is 15.6 Å². The van der Waals surface area contributed by atoms with Crippen LogP contribution in [0.2, 0.25) is 0 Å². The highest BCUT2D eigenvalue weighted by atomic mass is 32.2. The molecule has 0 saturated carbocycles. The van der Waals surface area contributed by atoms with Crippen molar-refractivity contribution in [2.45, 2.75) is 10.6 Å². The van der Waals surface area contributed by atoms with E-state index < -0.39 is 10.0 Å². The van der Waals surface area contributed by atoms with Crippen molar-refractivity contribution >= 4 is 27.3 Å². The van der Waals surface area contributed by atoms with Gasteiger partial charge in [-0.2, -0.15) is 4.31 Å². The Hall–Kier alpha value is -1.70. The van der Waals surface area contributed by atoms with Gasteiger partial charge in [0.25, 0.3) is 10.0 Å². The SMILES string of the molecule is O=C(Cc1ccccc1)N1CCN(S(=O)(=O)c2cccs2)CC1. The van der Waals surface area contributed by atoms with E-state index >= 15 is 0 Å². The van der Waals surface area contributed by atoms with Crippen molar-refractivity contribution in [3.05, 3.63) is 53.4 Å². The summed E-state index contributed by atoms with van der Waals surface area (Å²) in [7, 11) is -3.41. The lowest BCUT2D eigenvalue weighted by molar-refractivity contribution is -0.131. The van der Waals surface area contributed by atoms with Gasteiger partial charge in [0.2, 0.25) is 5.91 Å². The van der Waals surface area contributed by atoms with Gasteiger partial charge in [-0.25, -0.2) is 8.42 Å². The lowest BCUT2D eigenvalue weighted by Crippen LogP contribution is -2.50. The molecule has 1 aliphatic heterocycles. The van der Waals surface area contributed by atoms with Gasteiger partial charge in [0.1, 0.15) is 4.21 Å². The Bertz CT molecular complexity index is 750. The van der Waals surface area contributed by atoms with Crippen molar-refractivity contribution in [3.8, 4) is 0 Å². The highest BCUT2D eigenvalue weighted by Gasteiger charge is 2.30. The highest BCUT2D eigenvalue weighted by molar-refractivity contribution is 7.91. The topological polar surface area (TPSA) is 57.7 Å². The molecule has 0 N–H and O–H groups in total. The van der Waals surface area contributed by atoms with Crippen molar-refractivity contribution in [1.82, 2.24) is 9.21 Å². The molecule has 0 radical (unpaired) electrons. The second kappa shape index (κ2) is 6.82. The first-order chi connectivity index (χ1) is 11.1. The molecule has 122 valence electrons. The van der Waals surface area contributed by atoms with Crippen LogP contribution in [0.15, 0.2) is 52.1 Å². The fraction of sp³-hybridized carbons (Fsp3) is 0.312. The number of piperazine rings is 1. The maximum absolute atomic E-state index is 12.4. The second-order valence-electron chi connectivity index (χ2n) is 5.38. The average molecular weight is 350 g/mol. The molecule has 2 aromatic rings. The maximum Gasteiger partial charge on any atom is 0.252 e. The zero-order chi connectivity index (χ0) is 16.3. The number of hydrogen-bond acceptors (Lipinski definition) is 4. The third-order valence-electron chi connectivity index (χ3n) is 3.88. The molecule has 0 bridgehead atoms. The fourth-order valence-corrected chi connectivity index (χ4v) is 5.16. The summed E-state index contributed by atoms with van der Waals surface area (Å²) in [6.45, 7) is 1.58. The monoisotopic (exact) mass is 350 g/mol. The van der Waals surface area contributed by atoms with E-state index in [9.17, 15) is 13.2 Å². The number of carbonyl (C=O) groups is 1. The van der Waals surface area contributed by atoms with E-state index in [1.807, 2.05) is 30.3 Å². The van der Waals surface area contributed by atoms with E-state index in [-0.39, 0.29) is 5.91 Å². The van der Waals surface area contributed by atoms with Crippen LogP contribution >= 0.6 is 11.3 Å². The third kappa shape index (κ3) is 3.63.